The number of rotatable bonds is 13. The molecule has 0 aromatic heterocycles. The quantitative estimate of drug-likeness (QED) is 0.256. The first kappa shape index (κ1) is 32.2. The van der Waals surface area contributed by atoms with Crippen LogP contribution in [0.25, 0.3) is 0 Å². The minimum absolute atomic E-state index is 0.00164. The topological polar surface area (TPSA) is 96.0 Å². The number of hydrogen-bond donors (Lipinski definition) is 1. The maximum Gasteiger partial charge on any atom is 0.264 e. The molecular weight excluding hydrogens is 585 g/mol. The van der Waals surface area contributed by atoms with Gasteiger partial charge in [0.2, 0.25) is 11.8 Å². The molecule has 0 radical (unpaired) electrons. The van der Waals surface area contributed by atoms with Gasteiger partial charge in [-0.2, -0.15) is 0 Å². The fraction of sp³-hybridized carbons (Fsp3) is 0.333. The van der Waals surface area contributed by atoms with Crippen molar-refractivity contribution in [3.05, 3.63) is 88.4 Å². The van der Waals surface area contributed by atoms with Crippen molar-refractivity contribution in [2.75, 3.05) is 17.5 Å². The van der Waals surface area contributed by atoms with Crippen molar-refractivity contribution in [1.82, 2.24) is 10.2 Å². The molecule has 0 aliphatic rings. The minimum atomic E-state index is -4.18. The molecule has 1 N–H and O–H groups in total. The van der Waals surface area contributed by atoms with Crippen LogP contribution in [0.4, 0.5) is 5.69 Å². The van der Waals surface area contributed by atoms with Crippen molar-refractivity contribution >= 4 is 50.7 Å². The van der Waals surface area contributed by atoms with Crippen molar-refractivity contribution in [3.8, 4) is 5.75 Å². The van der Waals surface area contributed by atoms with Crippen LogP contribution in [0, 0.1) is 0 Å². The van der Waals surface area contributed by atoms with Crippen molar-refractivity contribution in [1.29, 1.82) is 0 Å². The van der Waals surface area contributed by atoms with Gasteiger partial charge in [0.25, 0.3) is 10.0 Å². The molecule has 0 heterocycles. The maximum atomic E-state index is 14.1. The predicted molar refractivity (Wildman–Crippen MR) is 163 cm³/mol. The summed E-state index contributed by atoms with van der Waals surface area (Å²) in [5.41, 5.74) is 0.952. The zero-order valence-corrected chi connectivity index (χ0v) is 25.8. The van der Waals surface area contributed by atoms with Crippen molar-refractivity contribution in [2.24, 2.45) is 0 Å². The van der Waals surface area contributed by atoms with E-state index >= 15 is 0 Å². The number of nitrogens with one attached hydrogen (secondary N) is 1. The van der Waals surface area contributed by atoms with Gasteiger partial charge in [0, 0.05) is 12.6 Å². The third-order valence-electron chi connectivity index (χ3n) is 6.20. The Balaban J connectivity index is 2.04. The summed E-state index contributed by atoms with van der Waals surface area (Å²) >= 11 is 12.3. The van der Waals surface area contributed by atoms with Gasteiger partial charge in [0.05, 0.1) is 27.2 Å². The first-order valence-electron chi connectivity index (χ1n) is 13.3. The van der Waals surface area contributed by atoms with Gasteiger partial charge < -0.3 is 15.0 Å². The van der Waals surface area contributed by atoms with E-state index in [-0.39, 0.29) is 23.4 Å². The fourth-order valence-electron chi connectivity index (χ4n) is 4.26. The number of sulfonamides is 1. The molecule has 8 nitrogen and oxygen atoms in total. The Morgan fingerprint density at radius 2 is 1.59 bits per heavy atom. The molecular formula is C30H35Cl2N3O5S. The van der Waals surface area contributed by atoms with Crippen LogP contribution >= 0.6 is 23.2 Å². The van der Waals surface area contributed by atoms with Crippen LogP contribution in [0.3, 0.4) is 0 Å². The molecule has 220 valence electrons. The lowest BCUT2D eigenvalue weighted by Crippen LogP contribution is -2.53. The molecule has 0 spiro atoms. The highest BCUT2D eigenvalue weighted by atomic mass is 35.5. The Kier molecular flexibility index (Phi) is 11.5. The third kappa shape index (κ3) is 8.38. The monoisotopic (exact) mass is 619 g/mol. The number of ether oxygens (including phenoxy) is 1. The van der Waals surface area contributed by atoms with E-state index in [1.165, 1.54) is 17.0 Å². The highest BCUT2D eigenvalue weighted by Crippen LogP contribution is 2.27. The van der Waals surface area contributed by atoms with Crippen LogP contribution in [0.5, 0.6) is 5.75 Å². The normalized spacial score (nSPS) is 12.1. The van der Waals surface area contributed by atoms with E-state index in [9.17, 15) is 18.0 Å². The summed E-state index contributed by atoms with van der Waals surface area (Å²) in [6.45, 7) is 7.21. The Morgan fingerprint density at radius 1 is 0.927 bits per heavy atom. The summed E-state index contributed by atoms with van der Waals surface area (Å²) in [6.07, 6.45) is 0.308. The Labute approximate surface area is 252 Å². The van der Waals surface area contributed by atoms with E-state index < -0.39 is 28.5 Å². The number of benzene rings is 3. The summed E-state index contributed by atoms with van der Waals surface area (Å²) in [5.74, 6) is -0.361. The molecule has 2 amide bonds. The zero-order chi connectivity index (χ0) is 30.2. The lowest BCUT2D eigenvalue weighted by Gasteiger charge is -2.33. The number of carbonyl (C=O) groups excluding carboxylic acids is 2. The van der Waals surface area contributed by atoms with Crippen LogP contribution < -0.4 is 14.4 Å². The molecule has 3 rings (SSSR count). The van der Waals surface area contributed by atoms with Gasteiger partial charge in [0.1, 0.15) is 18.3 Å². The molecule has 0 fully saturated rings. The standard InChI is InChI=1S/C30H35Cl2N3O5S/c1-5-28(30(37)33-21(3)4)34(19-22-12-17-26(31)27(32)18-22)29(36)20-35(23-10-8-7-9-11-23)41(38,39)25-15-13-24(14-16-25)40-6-2/h7-18,21,28H,5-6,19-20H2,1-4H3,(H,33,37)/t28-/m0/s1. The Bertz CT molecular complexity index is 1430. The van der Waals surface area contributed by atoms with Gasteiger partial charge in [-0.05, 0) is 81.3 Å². The first-order chi connectivity index (χ1) is 19.5. The van der Waals surface area contributed by atoms with Gasteiger partial charge in [-0.1, -0.05) is 54.4 Å². The molecule has 0 aliphatic heterocycles. The van der Waals surface area contributed by atoms with Crippen LogP contribution in [-0.2, 0) is 26.2 Å². The highest BCUT2D eigenvalue weighted by Gasteiger charge is 2.34. The Morgan fingerprint density at radius 3 is 2.15 bits per heavy atom. The molecule has 1 atom stereocenters. The van der Waals surface area contributed by atoms with Crippen LogP contribution in [0.1, 0.15) is 39.7 Å². The third-order valence-corrected chi connectivity index (χ3v) is 8.73. The summed E-state index contributed by atoms with van der Waals surface area (Å²) in [5, 5.41) is 3.53. The summed E-state index contributed by atoms with van der Waals surface area (Å²) < 4.78 is 34.4. The van der Waals surface area contributed by atoms with Gasteiger partial charge in [-0.25, -0.2) is 8.42 Å². The number of anilines is 1. The molecule has 11 heteroatoms. The minimum Gasteiger partial charge on any atom is -0.494 e. The van der Waals surface area contributed by atoms with E-state index in [0.717, 1.165) is 4.31 Å². The molecule has 0 aliphatic carbocycles. The molecule has 0 saturated carbocycles. The van der Waals surface area contributed by atoms with Crippen molar-refractivity contribution < 1.29 is 22.7 Å². The van der Waals surface area contributed by atoms with E-state index in [1.54, 1.807) is 67.6 Å². The van der Waals surface area contributed by atoms with Crippen molar-refractivity contribution in [3.63, 3.8) is 0 Å². The van der Waals surface area contributed by atoms with Gasteiger partial charge >= 0.3 is 0 Å². The maximum absolute atomic E-state index is 14.1. The molecule has 3 aromatic carbocycles. The van der Waals surface area contributed by atoms with Gasteiger partial charge in [-0.3, -0.25) is 13.9 Å². The number of carbonyl (C=O) groups is 2. The average molecular weight is 621 g/mol. The van der Waals surface area contributed by atoms with Crippen LogP contribution in [0.15, 0.2) is 77.7 Å². The van der Waals surface area contributed by atoms with Gasteiger partial charge in [0.15, 0.2) is 0 Å². The zero-order valence-electron chi connectivity index (χ0n) is 23.5. The summed E-state index contributed by atoms with van der Waals surface area (Å²) in [4.78, 5) is 28.6. The smallest absolute Gasteiger partial charge is 0.264 e. The molecule has 41 heavy (non-hydrogen) atoms. The number of para-hydroxylation sites is 1. The Hall–Kier alpha value is -3.27. The second-order valence-corrected chi connectivity index (χ2v) is 12.3. The first-order valence-corrected chi connectivity index (χ1v) is 15.5. The number of hydrogen-bond acceptors (Lipinski definition) is 5. The number of amides is 2. The van der Waals surface area contributed by atoms with Crippen molar-refractivity contribution in [2.45, 2.75) is 57.6 Å². The van der Waals surface area contributed by atoms with Gasteiger partial charge in [-0.15, -0.1) is 0 Å². The lowest BCUT2D eigenvalue weighted by atomic mass is 10.1. The van der Waals surface area contributed by atoms with E-state index in [2.05, 4.69) is 5.32 Å². The van der Waals surface area contributed by atoms with Crippen LogP contribution in [-0.4, -0.2) is 50.4 Å². The van der Waals surface area contributed by atoms with E-state index in [4.69, 9.17) is 27.9 Å². The molecule has 0 unspecified atom stereocenters. The SMILES string of the molecule is CCOc1ccc(S(=O)(=O)N(CC(=O)N(Cc2ccc(Cl)c(Cl)c2)[C@@H](CC)C(=O)NC(C)C)c2ccccc2)cc1. The highest BCUT2D eigenvalue weighted by molar-refractivity contribution is 7.92. The van der Waals surface area contributed by atoms with Crippen LogP contribution in [0.2, 0.25) is 10.0 Å². The number of halogens is 2. The molecule has 3 aromatic rings. The summed E-state index contributed by atoms with van der Waals surface area (Å²) in [6, 6.07) is 18.4. The molecule has 0 bridgehead atoms. The van der Waals surface area contributed by atoms with E-state index in [0.29, 0.717) is 40.1 Å². The second kappa shape index (κ2) is 14.6. The fourth-order valence-corrected chi connectivity index (χ4v) is 5.99. The number of nitrogens with zero attached hydrogens (tertiary/aromatic N) is 2. The predicted octanol–water partition coefficient (Wildman–Crippen LogP) is 5.92. The van der Waals surface area contributed by atoms with E-state index in [1.807, 2.05) is 20.8 Å². The average Bonchev–Trinajstić information content (AvgIpc) is 2.94. The summed E-state index contributed by atoms with van der Waals surface area (Å²) in [7, 11) is -4.18. The second-order valence-electron chi connectivity index (χ2n) is 9.61. The molecule has 0 saturated heterocycles. The largest absolute Gasteiger partial charge is 0.494 e. The lowest BCUT2D eigenvalue weighted by molar-refractivity contribution is -0.140.